The molecule has 0 saturated heterocycles. The summed E-state index contributed by atoms with van der Waals surface area (Å²) in [7, 11) is -1.59. The first-order valence-electron chi connectivity index (χ1n) is 9.82. The molecule has 27 heavy (non-hydrogen) atoms. The van der Waals surface area contributed by atoms with Crippen LogP contribution in [0.4, 0.5) is 0 Å². The van der Waals surface area contributed by atoms with Crippen molar-refractivity contribution in [2.75, 3.05) is 0 Å². The zero-order valence-electron chi connectivity index (χ0n) is 15.7. The van der Waals surface area contributed by atoms with Gasteiger partial charge in [-0.15, -0.1) is 6.32 Å². The van der Waals surface area contributed by atoms with Gasteiger partial charge in [0.25, 0.3) is 0 Å². The summed E-state index contributed by atoms with van der Waals surface area (Å²) in [6.45, 7) is -0.304. The first kappa shape index (κ1) is 17.8. The second-order valence-electron chi connectivity index (χ2n) is 7.17. The van der Waals surface area contributed by atoms with Gasteiger partial charge in [0.1, 0.15) is 0 Å². The Morgan fingerprint density at radius 2 is 0.778 bits per heavy atom. The SMILES string of the molecule is [BH2-](Cc1ccccc1)[P+](c1ccccc1)(c1ccccc1)c1ccccc1. The van der Waals surface area contributed by atoms with Gasteiger partial charge >= 0.3 is 0 Å². The lowest BCUT2D eigenvalue weighted by atomic mass is 9.95. The maximum atomic E-state index is 2.35. The van der Waals surface area contributed by atoms with Gasteiger partial charge in [0.15, 0.2) is 7.00 Å². The minimum Gasteiger partial charge on any atom is -0.118 e. The topological polar surface area (TPSA) is 0 Å². The molecule has 132 valence electrons. The largest absolute Gasteiger partial charge is 0.161 e. The van der Waals surface area contributed by atoms with E-state index in [1.165, 1.54) is 27.8 Å². The third-order valence-corrected chi connectivity index (χ3v) is 11.0. The van der Waals surface area contributed by atoms with Crippen molar-refractivity contribution in [3.8, 4) is 0 Å². The summed E-state index contributed by atoms with van der Waals surface area (Å²) in [5.41, 5.74) is 1.46. The van der Waals surface area contributed by atoms with Gasteiger partial charge in [0, 0.05) is 0 Å². The van der Waals surface area contributed by atoms with Crippen molar-refractivity contribution in [2.24, 2.45) is 0 Å². The Bertz CT molecular complexity index is 857. The van der Waals surface area contributed by atoms with E-state index < -0.39 is 7.14 Å². The number of hydrogen-bond acceptors (Lipinski definition) is 0. The molecule has 4 aromatic rings. The van der Waals surface area contributed by atoms with E-state index in [-0.39, 0.29) is 7.00 Å². The molecular formula is C25H24BP. The molecule has 4 aromatic carbocycles. The molecule has 0 atom stereocenters. The van der Waals surface area contributed by atoms with Crippen molar-refractivity contribution in [3.05, 3.63) is 127 Å². The third kappa shape index (κ3) is 3.75. The highest BCUT2D eigenvalue weighted by atomic mass is 31.2. The lowest BCUT2D eigenvalue weighted by molar-refractivity contribution is 1.40. The molecule has 0 saturated carbocycles. The molecule has 0 heterocycles. The van der Waals surface area contributed by atoms with Gasteiger partial charge in [0.2, 0.25) is 0 Å². The maximum Gasteiger partial charge on any atom is 0.161 e. The lowest BCUT2D eigenvalue weighted by Gasteiger charge is -2.34. The monoisotopic (exact) mass is 366 g/mol. The Balaban J connectivity index is 1.89. The van der Waals surface area contributed by atoms with Crippen LogP contribution in [-0.4, -0.2) is 7.00 Å². The molecule has 0 N–H and O–H groups in total. The minimum atomic E-state index is -1.59. The molecule has 0 spiro atoms. The van der Waals surface area contributed by atoms with Crippen molar-refractivity contribution in [3.63, 3.8) is 0 Å². The van der Waals surface area contributed by atoms with E-state index in [1.807, 2.05) is 0 Å². The van der Waals surface area contributed by atoms with Crippen LogP contribution in [-0.2, 0) is 6.32 Å². The van der Waals surface area contributed by atoms with Crippen LogP contribution in [0.15, 0.2) is 121 Å². The van der Waals surface area contributed by atoms with Gasteiger partial charge in [-0.3, -0.25) is 0 Å². The molecule has 2 heteroatoms. The van der Waals surface area contributed by atoms with E-state index in [2.05, 4.69) is 121 Å². The molecule has 0 radical (unpaired) electrons. The molecule has 0 unspecified atom stereocenters. The molecule has 0 aliphatic carbocycles. The summed E-state index contributed by atoms with van der Waals surface area (Å²) in [5, 5.41) is 4.54. The van der Waals surface area contributed by atoms with E-state index in [9.17, 15) is 0 Å². The van der Waals surface area contributed by atoms with Crippen molar-refractivity contribution in [2.45, 2.75) is 6.32 Å². The normalized spacial score (nSPS) is 11.3. The molecular weight excluding hydrogens is 342 g/mol. The summed E-state index contributed by atoms with van der Waals surface area (Å²) >= 11 is 0. The van der Waals surface area contributed by atoms with Gasteiger partial charge in [-0.2, -0.15) is 0 Å². The zero-order chi connectivity index (χ0) is 18.4. The molecule has 4 rings (SSSR count). The van der Waals surface area contributed by atoms with Gasteiger partial charge in [-0.25, -0.2) is 0 Å². The third-order valence-electron chi connectivity index (χ3n) is 5.70. The Morgan fingerprint density at radius 1 is 0.444 bits per heavy atom. The van der Waals surface area contributed by atoms with E-state index in [1.54, 1.807) is 0 Å². The average molecular weight is 366 g/mol. The molecule has 0 aromatic heterocycles. The van der Waals surface area contributed by atoms with Gasteiger partial charge in [-0.1, -0.05) is 97.6 Å². The summed E-state index contributed by atoms with van der Waals surface area (Å²) in [6.07, 6.45) is 1.20. The molecule has 0 bridgehead atoms. The highest BCUT2D eigenvalue weighted by molar-refractivity contribution is 8.16. The standard InChI is InChI=1S/C25H24BP/c1-5-13-22(14-6-1)21-26-27(23-15-7-2-8-16-23,24-17-9-3-10-18-24)25-19-11-4-12-20-25/h1-20H,21,26H2. The van der Waals surface area contributed by atoms with Gasteiger partial charge in [-0.05, 0) is 36.4 Å². The van der Waals surface area contributed by atoms with Gasteiger partial charge < -0.3 is 0 Å². The fraction of sp³-hybridized carbons (Fsp3) is 0.0400. The molecule has 0 amide bonds. The van der Waals surface area contributed by atoms with Crippen LogP contribution in [0.25, 0.3) is 0 Å². The van der Waals surface area contributed by atoms with E-state index in [4.69, 9.17) is 0 Å². The molecule has 0 aliphatic rings. The van der Waals surface area contributed by atoms with E-state index in [0.717, 1.165) is 0 Å². The quantitative estimate of drug-likeness (QED) is 0.353. The van der Waals surface area contributed by atoms with Crippen LogP contribution in [0.5, 0.6) is 0 Å². The second kappa shape index (κ2) is 8.38. The van der Waals surface area contributed by atoms with Crippen LogP contribution in [0.3, 0.4) is 0 Å². The maximum absolute atomic E-state index is 2.35. The zero-order valence-corrected chi connectivity index (χ0v) is 16.6. The summed E-state index contributed by atoms with van der Waals surface area (Å²) in [5.74, 6) is 0. The Morgan fingerprint density at radius 3 is 1.15 bits per heavy atom. The highest BCUT2D eigenvalue weighted by Crippen LogP contribution is 2.53. The first-order valence-corrected chi connectivity index (χ1v) is 12.1. The van der Waals surface area contributed by atoms with Crippen LogP contribution in [0.2, 0.25) is 0 Å². The predicted octanol–water partition coefficient (Wildman–Crippen LogP) is 4.26. The fourth-order valence-electron chi connectivity index (χ4n) is 4.31. The number of rotatable bonds is 6. The van der Waals surface area contributed by atoms with Crippen LogP contribution in [0.1, 0.15) is 5.56 Å². The smallest absolute Gasteiger partial charge is 0.118 e. The summed E-state index contributed by atoms with van der Waals surface area (Å²) in [6, 6.07) is 44.7. The molecule has 0 fully saturated rings. The van der Waals surface area contributed by atoms with Crippen LogP contribution >= 0.6 is 7.14 Å². The van der Waals surface area contributed by atoms with E-state index in [0.29, 0.717) is 0 Å². The van der Waals surface area contributed by atoms with Gasteiger partial charge in [0.05, 0.1) is 15.9 Å². The van der Waals surface area contributed by atoms with Crippen molar-refractivity contribution >= 4 is 30.1 Å². The number of benzene rings is 4. The van der Waals surface area contributed by atoms with E-state index >= 15 is 0 Å². The average Bonchev–Trinajstić information content (AvgIpc) is 2.77. The number of hydrogen-bond donors (Lipinski definition) is 0. The predicted molar refractivity (Wildman–Crippen MR) is 124 cm³/mol. The van der Waals surface area contributed by atoms with Crippen LogP contribution < -0.4 is 15.9 Å². The fourth-order valence-corrected chi connectivity index (χ4v) is 9.44. The molecule has 0 nitrogen and oxygen atoms in total. The summed E-state index contributed by atoms with van der Waals surface area (Å²) in [4.78, 5) is 0. The Kier molecular flexibility index (Phi) is 5.51. The molecule has 0 aliphatic heterocycles. The van der Waals surface area contributed by atoms with Crippen molar-refractivity contribution in [1.82, 2.24) is 0 Å². The highest BCUT2D eigenvalue weighted by Gasteiger charge is 2.37. The van der Waals surface area contributed by atoms with Crippen molar-refractivity contribution in [1.29, 1.82) is 0 Å². The van der Waals surface area contributed by atoms with Crippen molar-refractivity contribution < 1.29 is 0 Å². The van der Waals surface area contributed by atoms with Crippen LogP contribution in [0, 0.1) is 0 Å². The Labute approximate surface area is 163 Å². The second-order valence-corrected chi connectivity index (χ2v) is 11.4. The minimum absolute atomic E-state index is 0.304. The summed E-state index contributed by atoms with van der Waals surface area (Å²) < 4.78 is 0. The Hall–Kier alpha value is -2.63. The first-order chi connectivity index (χ1) is 13.4. The lowest BCUT2D eigenvalue weighted by Crippen LogP contribution is -2.35.